The maximum atomic E-state index is 12.5. The second kappa shape index (κ2) is 7.94. The van der Waals surface area contributed by atoms with Crippen molar-refractivity contribution < 1.29 is 8.78 Å². The first kappa shape index (κ1) is 17.2. The van der Waals surface area contributed by atoms with Crippen LogP contribution in [0.15, 0.2) is 18.3 Å². The lowest BCUT2D eigenvalue weighted by Gasteiger charge is -2.37. The molecule has 0 radical (unpaired) electrons. The van der Waals surface area contributed by atoms with Gasteiger partial charge in [-0.3, -0.25) is 9.88 Å². The highest BCUT2D eigenvalue weighted by atomic mass is 19.3. The van der Waals surface area contributed by atoms with Crippen LogP contribution in [-0.2, 0) is 0 Å². The molecule has 0 saturated carbocycles. The van der Waals surface area contributed by atoms with Crippen molar-refractivity contribution in [3.05, 3.63) is 29.6 Å². The Labute approximate surface area is 131 Å². The molecule has 1 aliphatic rings. The predicted molar refractivity (Wildman–Crippen MR) is 84.1 cm³/mol. The van der Waals surface area contributed by atoms with Crippen LogP contribution in [0.1, 0.15) is 37.6 Å². The van der Waals surface area contributed by atoms with E-state index in [1.165, 1.54) is 6.07 Å². The van der Waals surface area contributed by atoms with Crippen molar-refractivity contribution in [1.29, 1.82) is 0 Å². The Bertz CT molecular complexity index is 444. The Balaban J connectivity index is 1.80. The molecular formula is C16H26F2N4. The van der Waals surface area contributed by atoms with E-state index in [0.717, 1.165) is 38.3 Å². The zero-order valence-corrected chi connectivity index (χ0v) is 13.6. The molecule has 124 valence electrons. The van der Waals surface area contributed by atoms with Crippen molar-refractivity contribution in [1.82, 2.24) is 20.1 Å². The maximum Gasteiger partial charge on any atom is 0.280 e. The molecule has 1 fully saturated rings. The number of nitrogens with zero attached hydrogens (tertiary/aromatic N) is 3. The minimum Gasteiger partial charge on any atom is -0.309 e. The summed E-state index contributed by atoms with van der Waals surface area (Å²) in [6.07, 6.45) is -0.964. The number of alkyl halides is 2. The van der Waals surface area contributed by atoms with E-state index in [-0.39, 0.29) is 11.7 Å². The van der Waals surface area contributed by atoms with Gasteiger partial charge in [-0.25, -0.2) is 8.78 Å². The van der Waals surface area contributed by atoms with Crippen molar-refractivity contribution in [2.45, 2.75) is 32.4 Å². The Hall–Kier alpha value is -1.11. The number of nitrogens with one attached hydrogen (secondary N) is 1. The molecule has 1 aromatic heterocycles. The fourth-order valence-corrected chi connectivity index (χ4v) is 2.66. The maximum absolute atomic E-state index is 12.5. The first-order valence-corrected chi connectivity index (χ1v) is 7.87. The van der Waals surface area contributed by atoms with Crippen LogP contribution in [0, 0.1) is 0 Å². The van der Waals surface area contributed by atoms with E-state index >= 15 is 0 Å². The number of rotatable bonds is 6. The van der Waals surface area contributed by atoms with Gasteiger partial charge in [0.2, 0.25) is 0 Å². The van der Waals surface area contributed by atoms with Gasteiger partial charge in [0.15, 0.2) is 0 Å². The van der Waals surface area contributed by atoms with Gasteiger partial charge in [-0.1, -0.05) is 6.07 Å². The fourth-order valence-electron chi connectivity index (χ4n) is 2.66. The Morgan fingerprint density at radius 1 is 1.18 bits per heavy atom. The lowest BCUT2D eigenvalue weighted by molar-refractivity contribution is 0.116. The van der Waals surface area contributed by atoms with E-state index in [1.54, 1.807) is 12.3 Å². The van der Waals surface area contributed by atoms with Gasteiger partial charge in [0.25, 0.3) is 6.43 Å². The number of likely N-dealkylation sites (N-methyl/N-ethyl adjacent to an activating group) is 1. The van der Waals surface area contributed by atoms with E-state index in [2.05, 4.69) is 34.1 Å². The number of aromatic nitrogens is 1. The number of halogens is 2. The van der Waals surface area contributed by atoms with Gasteiger partial charge in [0, 0.05) is 51.0 Å². The molecule has 2 atom stereocenters. The molecule has 2 heterocycles. The van der Waals surface area contributed by atoms with Gasteiger partial charge in [-0.2, -0.15) is 0 Å². The van der Waals surface area contributed by atoms with E-state index in [1.807, 2.05) is 6.92 Å². The van der Waals surface area contributed by atoms with Crippen LogP contribution in [0.2, 0.25) is 0 Å². The van der Waals surface area contributed by atoms with E-state index in [9.17, 15) is 8.78 Å². The van der Waals surface area contributed by atoms with Crippen LogP contribution in [0.25, 0.3) is 0 Å². The summed E-state index contributed by atoms with van der Waals surface area (Å²) in [7, 11) is 2.15. The molecule has 0 aromatic carbocycles. The summed E-state index contributed by atoms with van der Waals surface area (Å²) in [5.74, 6) is 0. The Morgan fingerprint density at radius 3 is 2.41 bits per heavy atom. The van der Waals surface area contributed by atoms with Crippen molar-refractivity contribution in [2.24, 2.45) is 0 Å². The number of hydrogen-bond donors (Lipinski definition) is 1. The SMILES string of the molecule is CC(NCC(C)N1CCN(C)CC1)c1ccc(C(F)F)nc1. The van der Waals surface area contributed by atoms with Crippen LogP contribution in [0.4, 0.5) is 8.78 Å². The quantitative estimate of drug-likeness (QED) is 0.873. The molecule has 1 saturated heterocycles. The number of pyridine rings is 1. The van der Waals surface area contributed by atoms with E-state index in [4.69, 9.17) is 0 Å². The molecule has 0 aliphatic carbocycles. The van der Waals surface area contributed by atoms with Crippen LogP contribution in [0.5, 0.6) is 0 Å². The molecule has 2 unspecified atom stereocenters. The zero-order valence-electron chi connectivity index (χ0n) is 13.6. The summed E-state index contributed by atoms with van der Waals surface area (Å²) in [4.78, 5) is 8.65. The molecule has 0 bridgehead atoms. The lowest BCUT2D eigenvalue weighted by atomic mass is 10.1. The minimum atomic E-state index is -2.51. The molecule has 4 nitrogen and oxygen atoms in total. The topological polar surface area (TPSA) is 31.4 Å². The van der Waals surface area contributed by atoms with Crippen molar-refractivity contribution in [2.75, 3.05) is 39.8 Å². The first-order valence-electron chi connectivity index (χ1n) is 7.87. The van der Waals surface area contributed by atoms with Gasteiger partial charge in [0.05, 0.1) is 0 Å². The third-order valence-electron chi connectivity index (χ3n) is 4.41. The lowest BCUT2D eigenvalue weighted by Crippen LogP contribution is -2.50. The Morgan fingerprint density at radius 2 is 1.86 bits per heavy atom. The van der Waals surface area contributed by atoms with Crippen LogP contribution in [0.3, 0.4) is 0 Å². The molecule has 22 heavy (non-hydrogen) atoms. The molecule has 6 heteroatoms. The summed E-state index contributed by atoms with van der Waals surface area (Å²) >= 11 is 0. The van der Waals surface area contributed by atoms with E-state index in [0.29, 0.717) is 6.04 Å². The fraction of sp³-hybridized carbons (Fsp3) is 0.688. The third kappa shape index (κ3) is 4.69. The van der Waals surface area contributed by atoms with Gasteiger partial charge in [-0.05, 0) is 32.5 Å². The highest BCUT2D eigenvalue weighted by Gasteiger charge is 2.19. The average Bonchev–Trinajstić information content (AvgIpc) is 2.53. The van der Waals surface area contributed by atoms with Crippen molar-refractivity contribution in [3.8, 4) is 0 Å². The summed E-state index contributed by atoms with van der Waals surface area (Å²) in [6, 6.07) is 3.70. The van der Waals surface area contributed by atoms with Crippen molar-refractivity contribution in [3.63, 3.8) is 0 Å². The molecule has 1 aliphatic heterocycles. The third-order valence-corrected chi connectivity index (χ3v) is 4.41. The molecular weight excluding hydrogens is 286 g/mol. The summed E-state index contributed by atoms with van der Waals surface area (Å²) in [6.45, 7) is 9.55. The first-order chi connectivity index (χ1) is 10.5. The molecule has 1 aromatic rings. The smallest absolute Gasteiger partial charge is 0.280 e. The zero-order chi connectivity index (χ0) is 16.1. The highest BCUT2D eigenvalue weighted by Crippen LogP contribution is 2.18. The monoisotopic (exact) mass is 312 g/mol. The standard InChI is InChI=1S/C16H26F2N4/c1-12(22-8-6-21(3)7-9-22)10-19-13(2)14-4-5-15(16(17)18)20-11-14/h4-5,11-13,16,19H,6-10H2,1-3H3. The van der Waals surface area contributed by atoms with Gasteiger partial charge < -0.3 is 10.2 Å². The van der Waals surface area contributed by atoms with Gasteiger partial charge in [0.1, 0.15) is 5.69 Å². The molecule has 0 spiro atoms. The predicted octanol–water partition coefficient (Wildman–Crippen LogP) is 2.31. The minimum absolute atomic E-state index is 0.106. The molecule has 1 N–H and O–H groups in total. The Kier molecular flexibility index (Phi) is 6.23. The van der Waals surface area contributed by atoms with Crippen molar-refractivity contribution >= 4 is 0 Å². The number of hydrogen-bond acceptors (Lipinski definition) is 4. The van der Waals surface area contributed by atoms with Gasteiger partial charge in [-0.15, -0.1) is 0 Å². The second-order valence-electron chi connectivity index (χ2n) is 6.14. The van der Waals surface area contributed by atoms with Crippen LogP contribution in [-0.4, -0.2) is 60.6 Å². The number of piperazine rings is 1. The summed E-state index contributed by atoms with van der Waals surface area (Å²) in [5.41, 5.74) is 0.775. The molecule has 0 amide bonds. The van der Waals surface area contributed by atoms with E-state index < -0.39 is 6.43 Å². The highest BCUT2D eigenvalue weighted by molar-refractivity contribution is 5.17. The van der Waals surface area contributed by atoms with Gasteiger partial charge >= 0.3 is 0 Å². The van der Waals surface area contributed by atoms with Crippen LogP contribution < -0.4 is 5.32 Å². The average molecular weight is 312 g/mol. The summed E-state index contributed by atoms with van der Waals surface area (Å²) in [5, 5.41) is 3.47. The largest absolute Gasteiger partial charge is 0.309 e. The normalized spacial score (nSPS) is 20.3. The second-order valence-corrected chi connectivity index (χ2v) is 6.14. The molecule has 2 rings (SSSR count). The summed E-state index contributed by atoms with van der Waals surface area (Å²) < 4.78 is 25.0. The van der Waals surface area contributed by atoms with Crippen LogP contribution >= 0.6 is 0 Å².